The summed E-state index contributed by atoms with van der Waals surface area (Å²) in [5.41, 5.74) is 3.76. The van der Waals surface area contributed by atoms with E-state index < -0.39 is 0 Å². The van der Waals surface area contributed by atoms with Crippen LogP contribution in [0.25, 0.3) is 17.0 Å². The Morgan fingerprint density at radius 2 is 2.03 bits per heavy atom. The summed E-state index contributed by atoms with van der Waals surface area (Å²) in [6.45, 7) is 2.41. The van der Waals surface area contributed by atoms with Crippen molar-refractivity contribution in [2.45, 2.75) is 26.3 Å². The summed E-state index contributed by atoms with van der Waals surface area (Å²) < 4.78 is 5.91. The average Bonchev–Trinajstić information content (AvgIpc) is 3.07. The molecular weight excluding hydrogens is 475 g/mol. The van der Waals surface area contributed by atoms with E-state index in [9.17, 15) is 9.59 Å². The molecule has 156 valence electrons. The van der Waals surface area contributed by atoms with Gasteiger partial charge in [-0.15, -0.1) is 9.24 Å². The van der Waals surface area contributed by atoms with Crippen molar-refractivity contribution in [2.24, 2.45) is 0 Å². The van der Waals surface area contributed by atoms with Crippen LogP contribution in [0.4, 0.5) is 5.82 Å². The van der Waals surface area contributed by atoms with Crippen LogP contribution in [0.5, 0.6) is 0 Å². The van der Waals surface area contributed by atoms with Crippen molar-refractivity contribution in [1.82, 2.24) is 9.88 Å². The van der Waals surface area contributed by atoms with Gasteiger partial charge in [0.2, 0.25) is 11.8 Å². The van der Waals surface area contributed by atoms with Crippen LogP contribution in [0, 0.1) is 6.92 Å². The molecule has 2 amide bonds. The van der Waals surface area contributed by atoms with E-state index in [4.69, 9.17) is 4.42 Å². The van der Waals surface area contributed by atoms with Crippen molar-refractivity contribution >= 4 is 147 Å². The molecule has 0 fully saturated rings. The van der Waals surface area contributed by atoms with Gasteiger partial charge in [-0.25, -0.2) is 4.98 Å². The molecule has 1 atom stereocenters. The molecule has 1 aliphatic heterocycles. The van der Waals surface area contributed by atoms with Crippen molar-refractivity contribution in [3.8, 4) is 0 Å². The standard InChI is InChI=1S/C23H24N3O3P.2K/c1-15-18-5-3-4-6-19(18)29-20(15)13-25(2)21(27)9-7-16-11-17-8-10-22(28)26(14-30)23(17)24-12-16;;/h3-7,9,11-12H,8,10,13-14,30H2,1-2H3;;. The first-order valence-corrected chi connectivity index (χ1v) is 10.7. The number of fused-ring (bicyclic) bond motifs is 2. The third-order valence-corrected chi connectivity index (χ3v) is 5.79. The molecule has 0 saturated heterocycles. The number of benzene rings is 1. The van der Waals surface area contributed by atoms with Gasteiger partial charge in [-0.2, -0.15) is 0 Å². The first-order chi connectivity index (χ1) is 14.5. The second kappa shape index (κ2) is 12.8. The van der Waals surface area contributed by atoms with E-state index in [0.717, 1.165) is 33.4 Å². The zero-order valence-corrected chi connectivity index (χ0v) is 26.5. The quantitative estimate of drug-likeness (QED) is 0.307. The number of aryl methyl sites for hydroxylation is 2. The number of aromatic nitrogens is 1. The predicted octanol–water partition coefficient (Wildman–Crippen LogP) is 3.16. The summed E-state index contributed by atoms with van der Waals surface area (Å²) in [4.78, 5) is 32.3. The fourth-order valence-electron chi connectivity index (χ4n) is 3.69. The Balaban J connectivity index is 0.00000181. The molecular formula is C23H24K2N3O3P. The molecule has 0 bridgehead atoms. The number of nitrogens with zero attached hydrogens (tertiary/aromatic N) is 3. The Morgan fingerprint density at radius 1 is 1.28 bits per heavy atom. The van der Waals surface area contributed by atoms with Gasteiger partial charge >= 0.3 is 0 Å². The molecule has 1 aliphatic rings. The van der Waals surface area contributed by atoms with Crippen LogP contribution in [0.15, 0.2) is 47.0 Å². The number of hydrogen-bond acceptors (Lipinski definition) is 4. The Labute approximate surface area is 275 Å². The number of likely N-dealkylation sites (N-methyl/N-ethyl adjacent to an activating group) is 1. The number of rotatable bonds is 5. The summed E-state index contributed by atoms with van der Waals surface area (Å²) in [5.74, 6) is 1.47. The van der Waals surface area contributed by atoms with E-state index in [1.165, 1.54) is 0 Å². The van der Waals surface area contributed by atoms with Crippen LogP contribution < -0.4 is 4.90 Å². The third kappa shape index (κ3) is 6.29. The number of pyridine rings is 1. The number of amides is 2. The molecule has 3 heterocycles. The van der Waals surface area contributed by atoms with Gasteiger partial charge in [0.15, 0.2) is 0 Å². The maximum Gasteiger partial charge on any atom is 0.246 e. The number of furan rings is 1. The largest absolute Gasteiger partial charge is 0.459 e. The maximum atomic E-state index is 12.6. The number of carbonyl (C=O) groups excluding carboxylic acids is 2. The molecule has 2 aromatic heterocycles. The van der Waals surface area contributed by atoms with Gasteiger partial charge in [-0.05, 0) is 42.7 Å². The van der Waals surface area contributed by atoms with Crippen molar-refractivity contribution < 1.29 is 14.0 Å². The smallest absolute Gasteiger partial charge is 0.246 e. The summed E-state index contributed by atoms with van der Waals surface area (Å²) in [6, 6.07) is 9.87. The summed E-state index contributed by atoms with van der Waals surface area (Å²) in [6.07, 6.45) is 6.68. The van der Waals surface area contributed by atoms with Crippen LogP contribution in [-0.2, 0) is 22.6 Å². The minimum absolute atomic E-state index is 0. The van der Waals surface area contributed by atoms with Crippen molar-refractivity contribution in [2.75, 3.05) is 18.2 Å². The molecule has 0 spiro atoms. The zero-order valence-electron chi connectivity index (χ0n) is 19.1. The van der Waals surface area contributed by atoms with Gasteiger partial charge in [0.05, 0.1) is 6.54 Å². The number of anilines is 1. The Kier molecular flexibility index (Phi) is 11.4. The normalized spacial score (nSPS) is 13.0. The maximum absolute atomic E-state index is 12.6. The molecule has 6 nitrogen and oxygen atoms in total. The second-order valence-corrected chi connectivity index (χ2v) is 7.79. The Morgan fingerprint density at radius 3 is 2.75 bits per heavy atom. The van der Waals surface area contributed by atoms with E-state index in [1.807, 2.05) is 37.3 Å². The van der Waals surface area contributed by atoms with E-state index in [-0.39, 0.29) is 115 Å². The summed E-state index contributed by atoms with van der Waals surface area (Å²) in [5, 5.41) is 1.07. The first-order valence-electron chi connectivity index (χ1n) is 9.87. The minimum atomic E-state index is -0.116. The molecule has 32 heavy (non-hydrogen) atoms. The number of carbonyl (C=O) groups is 2. The fourth-order valence-corrected chi connectivity index (χ4v) is 4.06. The van der Waals surface area contributed by atoms with Gasteiger partial charge < -0.3 is 9.32 Å². The topological polar surface area (TPSA) is 66.7 Å². The van der Waals surface area contributed by atoms with Gasteiger partial charge in [0, 0.05) is 146 Å². The SMILES string of the molecule is Cc1c(CN(C)C(=O)C=Cc2cnc3c(c2)CCC(=O)N3CP)oc2ccccc12.[K].[K]. The van der Waals surface area contributed by atoms with E-state index in [0.29, 0.717) is 31.5 Å². The van der Waals surface area contributed by atoms with Crippen LogP contribution in [0.3, 0.4) is 0 Å². The van der Waals surface area contributed by atoms with Crippen molar-refractivity contribution in [3.63, 3.8) is 0 Å². The monoisotopic (exact) mass is 499 g/mol. The molecule has 1 unspecified atom stereocenters. The zero-order chi connectivity index (χ0) is 21.3. The summed E-state index contributed by atoms with van der Waals surface area (Å²) >= 11 is 0. The molecule has 3 aromatic rings. The predicted molar refractivity (Wildman–Crippen MR) is 133 cm³/mol. The van der Waals surface area contributed by atoms with E-state index >= 15 is 0 Å². The fraction of sp³-hybridized carbons (Fsp3) is 0.261. The van der Waals surface area contributed by atoms with Gasteiger partial charge in [-0.3, -0.25) is 14.5 Å². The summed E-state index contributed by atoms with van der Waals surface area (Å²) in [7, 11) is 4.32. The molecule has 1 aromatic carbocycles. The molecule has 0 aliphatic carbocycles. The van der Waals surface area contributed by atoms with Crippen molar-refractivity contribution in [1.29, 1.82) is 0 Å². The van der Waals surface area contributed by atoms with Crippen LogP contribution in [-0.4, -0.2) is 138 Å². The number of para-hydroxylation sites is 1. The first kappa shape index (κ1) is 28.5. The Bertz CT molecular complexity index is 1160. The third-order valence-electron chi connectivity index (χ3n) is 5.43. The Hall–Kier alpha value is 0.293. The van der Waals surface area contributed by atoms with E-state index in [1.54, 1.807) is 35.2 Å². The second-order valence-electron chi connectivity index (χ2n) is 7.43. The molecule has 9 heteroatoms. The van der Waals surface area contributed by atoms with Crippen LogP contribution >= 0.6 is 9.24 Å². The molecule has 0 N–H and O–H groups in total. The molecule has 2 radical (unpaired) electrons. The van der Waals surface area contributed by atoms with E-state index in [2.05, 4.69) is 14.2 Å². The van der Waals surface area contributed by atoms with Gasteiger partial charge in [0.1, 0.15) is 17.2 Å². The number of hydrogen-bond donors (Lipinski definition) is 0. The van der Waals surface area contributed by atoms with Gasteiger partial charge in [0.25, 0.3) is 0 Å². The molecule has 0 saturated carbocycles. The average molecular weight is 500 g/mol. The molecule has 4 rings (SSSR count). The minimum Gasteiger partial charge on any atom is -0.459 e. The van der Waals surface area contributed by atoms with Gasteiger partial charge in [-0.1, -0.05) is 18.2 Å². The van der Waals surface area contributed by atoms with Crippen LogP contribution in [0.1, 0.15) is 28.9 Å². The van der Waals surface area contributed by atoms with Crippen molar-refractivity contribution in [3.05, 3.63) is 65.1 Å². The van der Waals surface area contributed by atoms with Crippen LogP contribution in [0.2, 0.25) is 0 Å².